The van der Waals surface area contributed by atoms with E-state index in [2.05, 4.69) is 5.10 Å². The summed E-state index contributed by atoms with van der Waals surface area (Å²) in [6, 6.07) is 1.33. The first-order chi connectivity index (χ1) is 8.11. The van der Waals surface area contributed by atoms with Gasteiger partial charge >= 0.3 is 5.97 Å². The van der Waals surface area contributed by atoms with Crippen molar-refractivity contribution < 1.29 is 14.6 Å². The number of hydrogen-bond acceptors (Lipinski definition) is 4. The summed E-state index contributed by atoms with van der Waals surface area (Å²) in [7, 11) is 0. The number of nitrogens with zero attached hydrogens (tertiary/aromatic N) is 2. The third-order valence-corrected chi connectivity index (χ3v) is 2.54. The van der Waals surface area contributed by atoms with Gasteiger partial charge in [-0.2, -0.15) is 5.10 Å². The molecule has 0 spiro atoms. The molecule has 1 aromatic rings. The molecule has 0 aliphatic heterocycles. The van der Waals surface area contributed by atoms with Crippen molar-refractivity contribution in [1.82, 2.24) is 9.78 Å². The third-order valence-electron chi connectivity index (χ3n) is 2.54. The molecule has 2 rings (SSSR count). The topological polar surface area (TPSA) is 81.4 Å². The van der Waals surface area contributed by atoms with Crippen LogP contribution in [0.1, 0.15) is 31.4 Å². The Morgan fingerprint density at radius 1 is 1.65 bits per heavy atom. The minimum atomic E-state index is -1.08. The van der Waals surface area contributed by atoms with E-state index in [1.54, 1.807) is 0 Å². The lowest BCUT2D eigenvalue weighted by atomic mass is 10.2. The summed E-state index contributed by atoms with van der Waals surface area (Å²) in [4.78, 5) is 22.2. The van der Waals surface area contributed by atoms with Crippen LogP contribution in [0.5, 0.6) is 5.75 Å². The quantitative estimate of drug-likeness (QED) is 0.812. The number of aromatic nitrogens is 2. The van der Waals surface area contributed by atoms with Crippen LogP contribution in [0.15, 0.2) is 10.9 Å². The first kappa shape index (κ1) is 11.6. The molecule has 0 unspecified atom stereocenters. The van der Waals surface area contributed by atoms with E-state index in [0.29, 0.717) is 24.0 Å². The Hall–Kier alpha value is -1.85. The van der Waals surface area contributed by atoms with Crippen LogP contribution in [-0.2, 0) is 11.3 Å². The molecule has 1 heterocycles. The Labute approximate surface area is 97.8 Å². The molecule has 92 valence electrons. The van der Waals surface area contributed by atoms with Crippen LogP contribution < -0.4 is 10.3 Å². The van der Waals surface area contributed by atoms with Crippen molar-refractivity contribution in [2.75, 3.05) is 6.61 Å². The van der Waals surface area contributed by atoms with Gasteiger partial charge in [0.05, 0.1) is 6.61 Å². The van der Waals surface area contributed by atoms with Gasteiger partial charge in [0.25, 0.3) is 5.56 Å². The predicted molar refractivity (Wildman–Crippen MR) is 59.3 cm³/mol. The van der Waals surface area contributed by atoms with Gasteiger partial charge in [-0.1, -0.05) is 0 Å². The van der Waals surface area contributed by atoms with Crippen molar-refractivity contribution in [1.29, 1.82) is 0 Å². The second-order valence-corrected chi connectivity index (χ2v) is 3.99. The fraction of sp³-hybridized carbons (Fsp3) is 0.545. The number of carboxylic acid groups (broad SMARTS) is 1. The summed E-state index contributed by atoms with van der Waals surface area (Å²) in [5.41, 5.74) is 0.257. The predicted octanol–water partition coefficient (Wildman–Crippen LogP) is 0.604. The minimum absolute atomic E-state index is 0.303. The van der Waals surface area contributed by atoms with Crippen LogP contribution in [0, 0.1) is 0 Å². The van der Waals surface area contributed by atoms with E-state index in [9.17, 15) is 9.59 Å². The minimum Gasteiger partial charge on any atom is -0.492 e. The zero-order valence-electron chi connectivity index (χ0n) is 9.55. The average Bonchev–Trinajstić information content (AvgIpc) is 3.05. The molecule has 0 atom stereocenters. The monoisotopic (exact) mass is 238 g/mol. The van der Waals surface area contributed by atoms with E-state index in [1.807, 2.05) is 6.92 Å². The molecular formula is C11H14N2O4. The second kappa shape index (κ2) is 4.57. The Balaban J connectivity index is 2.39. The van der Waals surface area contributed by atoms with E-state index in [0.717, 1.165) is 17.5 Å². The fourth-order valence-corrected chi connectivity index (χ4v) is 1.64. The molecule has 0 saturated heterocycles. The maximum atomic E-state index is 11.6. The molecule has 0 bridgehead atoms. The lowest BCUT2D eigenvalue weighted by Gasteiger charge is -2.10. The zero-order chi connectivity index (χ0) is 12.4. The Morgan fingerprint density at radius 3 is 2.88 bits per heavy atom. The third kappa shape index (κ3) is 2.64. The van der Waals surface area contributed by atoms with Crippen molar-refractivity contribution in [3.05, 3.63) is 22.1 Å². The van der Waals surface area contributed by atoms with Crippen LogP contribution in [0.4, 0.5) is 0 Å². The lowest BCUT2D eigenvalue weighted by molar-refractivity contribution is -0.138. The molecular weight excluding hydrogens is 224 g/mol. The number of hydrogen-bond donors (Lipinski definition) is 1. The molecule has 0 aromatic carbocycles. The van der Waals surface area contributed by atoms with Gasteiger partial charge in [0.15, 0.2) is 0 Å². The number of aliphatic carboxylic acids is 1. The Kier molecular flexibility index (Phi) is 3.12. The summed E-state index contributed by atoms with van der Waals surface area (Å²) >= 11 is 0. The summed E-state index contributed by atoms with van der Waals surface area (Å²) in [6.07, 6.45) is 2.02. The molecule has 0 radical (unpaired) electrons. The smallest absolute Gasteiger partial charge is 0.325 e. The molecule has 1 aromatic heterocycles. The zero-order valence-corrected chi connectivity index (χ0v) is 9.55. The van der Waals surface area contributed by atoms with Gasteiger partial charge in [-0.05, 0) is 19.8 Å². The van der Waals surface area contributed by atoms with Crippen LogP contribution in [0.2, 0.25) is 0 Å². The number of carbonyl (C=O) groups is 1. The first-order valence-electron chi connectivity index (χ1n) is 5.58. The van der Waals surface area contributed by atoms with Crippen molar-refractivity contribution in [3.8, 4) is 5.75 Å². The fourth-order valence-electron chi connectivity index (χ4n) is 1.64. The summed E-state index contributed by atoms with van der Waals surface area (Å²) in [5, 5.41) is 12.8. The van der Waals surface area contributed by atoms with Gasteiger partial charge in [-0.25, -0.2) is 4.68 Å². The molecule has 1 aliphatic rings. The Morgan fingerprint density at radius 2 is 2.35 bits per heavy atom. The molecule has 6 heteroatoms. The van der Waals surface area contributed by atoms with E-state index < -0.39 is 18.1 Å². The second-order valence-electron chi connectivity index (χ2n) is 3.99. The summed E-state index contributed by atoms with van der Waals surface area (Å²) in [5.74, 6) is -0.288. The van der Waals surface area contributed by atoms with Crippen molar-refractivity contribution >= 4 is 5.97 Å². The number of rotatable bonds is 5. The molecule has 0 amide bonds. The lowest BCUT2D eigenvalue weighted by Crippen LogP contribution is -2.27. The van der Waals surface area contributed by atoms with Crippen LogP contribution in [0.3, 0.4) is 0 Å². The van der Waals surface area contributed by atoms with Crippen LogP contribution in [-0.4, -0.2) is 27.5 Å². The molecule has 1 fully saturated rings. The van der Waals surface area contributed by atoms with Crippen molar-refractivity contribution in [3.63, 3.8) is 0 Å². The molecule has 17 heavy (non-hydrogen) atoms. The Bertz CT molecular complexity index is 491. The number of ether oxygens (including phenoxy) is 1. The highest BCUT2D eigenvalue weighted by atomic mass is 16.5. The maximum absolute atomic E-state index is 11.6. The van der Waals surface area contributed by atoms with E-state index in [1.165, 1.54) is 6.07 Å². The van der Waals surface area contributed by atoms with Gasteiger partial charge in [0, 0.05) is 12.0 Å². The molecule has 1 saturated carbocycles. The number of carboxylic acids is 1. The van der Waals surface area contributed by atoms with Gasteiger partial charge in [-0.3, -0.25) is 9.59 Å². The van der Waals surface area contributed by atoms with Crippen LogP contribution >= 0.6 is 0 Å². The van der Waals surface area contributed by atoms with Gasteiger partial charge < -0.3 is 9.84 Å². The molecule has 1 N–H and O–H groups in total. The van der Waals surface area contributed by atoms with Crippen molar-refractivity contribution in [2.45, 2.75) is 32.2 Å². The molecule has 6 nitrogen and oxygen atoms in total. The SMILES string of the molecule is CCOc1cc(=O)n(CC(=O)O)nc1C1CC1. The largest absolute Gasteiger partial charge is 0.492 e. The van der Waals surface area contributed by atoms with E-state index in [4.69, 9.17) is 9.84 Å². The van der Waals surface area contributed by atoms with E-state index >= 15 is 0 Å². The maximum Gasteiger partial charge on any atom is 0.325 e. The van der Waals surface area contributed by atoms with Crippen molar-refractivity contribution in [2.24, 2.45) is 0 Å². The summed E-state index contributed by atoms with van der Waals surface area (Å²) in [6.45, 7) is 1.88. The standard InChI is InChI=1S/C11H14N2O4/c1-2-17-8-5-9(14)13(6-10(15)16)12-11(8)7-3-4-7/h5,7H,2-4,6H2,1H3,(H,15,16). The first-order valence-corrected chi connectivity index (χ1v) is 5.58. The van der Waals surface area contributed by atoms with Crippen LogP contribution in [0.25, 0.3) is 0 Å². The van der Waals surface area contributed by atoms with Gasteiger partial charge in [0.2, 0.25) is 0 Å². The van der Waals surface area contributed by atoms with E-state index in [-0.39, 0.29) is 0 Å². The molecule has 1 aliphatic carbocycles. The highest BCUT2D eigenvalue weighted by Crippen LogP contribution is 2.42. The highest BCUT2D eigenvalue weighted by molar-refractivity contribution is 5.66. The highest BCUT2D eigenvalue weighted by Gasteiger charge is 2.29. The van der Waals surface area contributed by atoms with Gasteiger partial charge in [-0.15, -0.1) is 0 Å². The average molecular weight is 238 g/mol. The van der Waals surface area contributed by atoms with Gasteiger partial charge in [0.1, 0.15) is 18.0 Å². The normalized spacial score (nSPS) is 14.6. The summed E-state index contributed by atoms with van der Waals surface area (Å²) < 4.78 is 6.33.